The molecule has 0 fully saturated rings. The molecule has 0 saturated heterocycles. The Kier molecular flexibility index (Phi) is 5.05. The SMILES string of the molecule is CCOC(=O)c1cc2cc(OCC)c(OCOC)cc2[nH]1. The molecule has 6 heteroatoms. The molecule has 0 aliphatic rings. The average molecular weight is 293 g/mol. The number of hydrogen-bond acceptors (Lipinski definition) is 5. The van der Waals surface area contributed by atoms with Gasteiger partial charge in [0, 0.05) is 18.6 Å². The highest BCUT2D eigenvalue weighted by molar-refractivity contribution is 5.95. The normalized spacial score (nSPS) is 10.6. The summed E-state index contributed by atoms with van der Waals surface area (Å²) in [5, 5.41) is 0.853. The van der Waals surface area contributed by atoms with E-state index in [1.54, 1.807) is 26.2 Å². The summed E-state index contributed by atoms with van der Waals surface area (Å²) < 4.78 is 20.9. The minimum atomic E-state index is -0.383. The fourth-order valence-electron chi connectivity index (χ4n) is 1.96. The van der Waals surface area contributed by atoms with Crippen molar-refractivity contribution in [1.29, 1.82) is 0 Å². The molecule has 1 aromatic carbocycles. The van der Waals surface area contributed by atoms with E-state index in [1.165, 1.54) is 0 Å². The van der Waals surface area contributed by atoms with Crippen LogP contribution in [-0.2, 0) is 9.47 Å². The van der Waals surface area contributed by atoms with E-state index in [0.717, 1.165) is 10.9 Å². The summed E-state index contributed by atoms with van der Waals surface area (Å²) in [5.41, 5.74) is 1.17. The van der Waals surface area contributed by atoms with Gasteiger partial charge in [-0.3, -0.25) is 0 Å². The van der Waals surface area contributed by atoms with Crippen molar-refractivity contribution in [3.8, 4) is 11.5 Å². The maximum atomic E-state index is 11.7. The maximum absolute atomic E-state index is 11.7. The quantitative estimate of drug-likeness (QED) is 0.628. The lowest BCUT2D eigenvalue weighted by Crippen LogP contribution is -2.04. The molecule has 0 radical (unpaired) electrons. The fraction of sp³-hybridized carbons (Fsp3) is 0.400. The van der Waals surface area contributed by atoms with Gasteiger partial charge in [-0.05, 0) is 26.0 Å². The second kappa shape index (κ2) is 6.99. The first kappa shape index (κ1) is 15.2. The Morgan fingerprint density at radius 3 is 2.52 bits per heavy atom. The van der Waals surface area contributed by atoms with Crippen LogP contribution in [0.25, 0.3) is 10.9 Å². The molecule has 0 atom stereocenters. The van der Waals surface area contributed by atoms with Crippen molar-refractivity contribution >= 4 is 16.9 Å². The van der Waals surface area contributed by atoms with Gasteiger partial charge in [-0.2, -0.15) is 0 Å². The molecule has 1 aromatic heterocycles. The van der Waals surface area contributed by atoms with Gasteiger partial charge in [0.05, 0.1) is 18.7 Å². The predicted octanol–water partition coefficient (Wildman–Crippen LogP) is 2.73. The number of benzene rings is 1. The molecule has 0 spiro atoms. The van der Waals surface area contributed by atoms with E-state index in [4.69, 9.17) is 18.9 Å². The Balaban J connectivity index is 2.38. The Bertz CT molecular complexity index is 620. The zero-order valence-electron chi connectivity index (χ0n) is 12.4. The van der Waals surface area contributed by atoms with Crippen LogP contribution in [0.3, 0.4) is 0 Å². The molecule has 0 aliphatic heterocycles. The molecule has 6 nitrogen and oxygen atoms in total. The van der Waals surface area contributed by atoms with Crippen molar-refractivity contribution in [3.05, 3.63) is 23.9 Å². The monoisotopic (exact) mass is 293 g/mol. The first-order chi connectivity index (χ1) is 10.2. The molecule has 2 aromatic rings. The number of esters is 1. The smallest absolute Gasteiger partial charge is 0.354 e. The lowest BCUT2D eigenvalue weighted by atomic mass is 10.2. The number of carbonyl (C=O) groups is 1. The number of H-pyrrole nitrogens is 1. The van der Waals surface area contributed by atoms with Crippen molar-refractivity contribution in [3.63, 3.8) is 0 Å². The van der Waals surface area contributed by atoms with E-state index in [2.05, 4.69) is 4.98 Å². The van der Waals surface area contributed by atoms with Crippen LogP contribution in [0.5, 0.6) is 11.5 Å². The summed E-state index contributed by atoms with van der Waals surface area (Å²) in [5.74, 6) is 0.783. The zero-order valence-corrected chi connectivity index (χ0v) is 12.4. The van der Waals surface area contributed by atoms with Crippen LogP contribution in [0, 0.1) is 0 Å². The van der Waals surface area contributed by atoms with Gasteiger partial charge in [0.25, 0.3) is 0 Å². The number of carbonyl (C=O) groups excluding carboxylic acids is 1. The predicted molar refractivity (Wildman–Crippen MR) is 77.9 cm³/mol. The van der Waals surface area contributed by atoms with Crippen LogP contribution in [-0.4, -0.2) is 38.1 Å². The molecule has 0 saturated carbocycles. The summed E-state index contributed by atoms with van der Waals surface area (Å²) in [6.45, 7) is 4.64. The number of fused-ring (bicyclic) bond motifs is 1. The van der Waals surface area contributed by atoms with Gasteiger partial charge in [0.15, 0.2) is 18.3 Å². The minimum absolute atomic E-state index is 0.122. The molecule has 0 amide bonds. The number of aromatic nitrogens is 1. The highest BCUT2D eigenvalue weighted by Gasteiger charge is 2.14. The number of methoxy groups -OCH3 is 1. The largest absolute Gasteiger partial charge is 0.490 e. The van der Waals surface area contributed by atoms with E-state index in [1.807, 2.05) is 13.0 Å². The van der Waals surface area contributed by atoms with E-state index < -0.39 is 0 Å². The van der Waals surface area contributed by atoms with E-state index in [9.17, 15) is 4.79 Å². The first-order valence-corrected chi connectivity index (χ1v) is 6.78. The molecular formula is C15H19NO5. The van der Waals surface area contributed by atoms with Gasteiger partial charge in [0.1, 0.15) is 5.69 Å². The minimum Gasteiger partial charge on any atom is -0.490 e. The molecule has 0 aliphatic carbocycles. The van der Waals surface area contributed by atoms with Crippen molar-refractivity contribution in [1.82, 2.24) is 4.98 Å². The standard InChI is InChI=1S/C15H19NO5/c1-4-19-13-7-10-6-12(15(17)20-5-2)16-11(10)8-14(13)21-9-18-3/h6-8,16H,4-5,9H2,1-3H3. The number of ether oxygens (including phenoxy) is 4. The van der Waals surface area contributed by atoms with E-state index in [0.29, 0.717) is 30.4 Å². The Labute approximate surface area is 122 Å². The summed E-state index contributed by atoms with van der Waals surface area (Å²) in [7, 11) is 1.55. The van der Waals surface area contributed by atoms with Crippen LogP contribution in [0.15, 0.2) is 18.2 Å². The van der Waals surface area contributed by atoms with Crippen LogP contribution >= 0.6 is 0 Å². The second-order valence-electron chi connectivity index (χ2n) is 4.27. The molecule has 0 unspecified atom stereocenters. The van der Waals surface area contributed by atoms with Crippen molar-refractivity contribution < 1.29 is 23.7 Å². The fourth-order valence-corrected chi connectivity index (χ4v) is 1.96. The third-order valence-corrected chi connectivity index (χ3v) is 2.81. The van der Waals surface area contributed by atoms with Crippen LogP contribution < -0.4 is 9.47 Å². The number of aromatic amines is 1. The summed E-state index contributed by atoms with van der Waals surface area (Å²) in [6, 6.07) is 5.33. The summed E-state index contributed by atoms with van der Waals surface area (Å²) in [4.78, 5) is 14.8. The van der Waals surface area contributed by atoms with Crippen LogP contribution in [0.1, 0.15) is 24.3 Å². The van der Waals surface area contributed by atoms with Crippen molar-refractivity contribution in [2.45, 2.75) is 13.8 Å². The zero-order chi connectivity index (χ0) is 15.2. The van der Waals surface area contributed by atoms with E-state index >= 15 is 0 Å². The third kappa shape index (κ3) is 3.46. The van der Waals surface area contributed by atoms with Gasteiger partial charge >= 0.3 is 5.97 Å². The highest BCUT2D eigenvalue weighted by Crippen LogP contribution is 2.33. The summed E-state index contributed by atoms with van der Waals surface area (Å²) in [6.07, 6.45) is 0. The summed E-state index contributed by atoms with van der Waals surface area (Å²) >= 11 is 0. The average Bonchev–Trinajstić information content (AvgIpc) is 2.88. The third-order valence-electron chi connectivity index (χ3n) is 2.81. The molecule has 21 heavy (non-hydrogen) atoms. The van der Waals surface area contributed by atoms with Crippen LogP contribution in [0.4, 0.5) is 0 Å². The highest BCUT2D eigenvalue weighted by atomic mass is 16.7. The van der Waals surface area contributed by atoms with Gasteiger partial charge in [0.2, 0.25) is 0 Å². The Morgan fingerprint density at radius 1 is 1.10 bits per heavy atom. The maximum Gasteiger partial charge on any atom is 0.354 e. The van der Waals surface area contributed by atoms with Crippen molar-refractivity contribution in [2.75, 3.05) is 27.1 Å². The lowest BCUT2D eigenvalue weighted by Gasteiger charge is -2.11. The molecule has 1 N–H and O–H groups in total. The molecule has 2 rings (SSSR count). The number of nitrogens with one attached hydrogen (secondary N) is 1. The molecular weight excluding hydrogens is 274 g/mol. The molecule has 114 valence electrons. The molecule has 1 heterocycles. The number of rotatable bonds is 7. The Morgan fingerprint density at radius 2 is 1.86 bits per heavy atom. The van der Waals surface area contributed by atoms with Crippen molar-refractivity contribution in [2.24, 2.45) is 0 Å². The van der Waals surface area contributed by atoms with Gasteiger partial charge < -0.3 is 23.9 Å². The molecule has 0 bridgehead atoms. The van der Waals surface area contributed by atoms with Crippen LogP contribution in [0.2, 0.25) is 0 Å². The first-order valence-electron chi connectivity index (χ1n) is 6.78. The number of hydrogen-bond donors (Lipinski definition) is 1. The second-order valence-corrected chi connectivity index (χ2v) is 4.27. The van der Waals surface area contributed by atoms with Gasteiger partial charge in [-0.1, -0.05) is 0 Å². The Hall–Kier alpha value is -2.21. The van der Waals surface area contributed by atoms with Gasteiger partial charge in [-0.25, -0.2) is 4.79 Å². The lowest BCUT2D eigenvalue weighted by molar-refractivity contribution is 0.0487. The van der Waals surface area contributed by atoms with Gasteiger partial charge in [-0.15, -0.1) is 0 Å². The topological polar surface area (TPSA) is 69.8 Å². The van der Waals surface area contributed by atoms with E-state index in [-0.39, 0.29) is 12.8 Å².